The second-order valence-electron chi connectivity index (χ2n) is 10.9. The third-order valence-corrected chi connectivity index (χ3v) is 10.9. The number of alkyl halides is 1. The summed E-state index contributed by atoms with van der Waals surface area (Å²) < 4.78 is 5.72. The number of halogens is 1. The molecule has 0 aliphatic heterocycles. The summed E-state index contributed by atoms with van der Waals surface area (Å²) in [5.74, 6) is 5.55. The van der Waals surface area contributed by atoms with Crippen molar-refractivity contribution < 1.29 is 14.6 Å². The van der Waals surface area contributed by atoms with Crippen LogP contribution >= 0.6 is 15.9 Å². The number of ketones is 1. The molecule has 0 heterocycles. The summed E-state index contributed by atoms with van der Waals surface area (Å²) in [7, 11) is 0. The lowest BCUT2D eigenvalue weighted by molar-refractivity contribution is -0.128. The van der Waals surface area contributed by atoms with Gasteiger partial charge < -0.3 is 9.84 Å². The van der Waals surface area contributed by atoms with Crippen LogP contribution in [-0.4, -0.2) is 35.0 Å². The van der Waals surface area contributed by atoms with Crippen molar-refractivity contribution in [2.75, 3.05) is 18.5 Å². The highest BCUT2D eigenvalue weighted by molar-refractivity contribution is 9.09. The van der Waals surface area contributed by atoms with Gasteiger partial charge in [-0.3, -0.25) is 4.79 Å². The van der Waals surface area contributed by atoms with Gasteiger partial charge in [0.1, 0.15) is 5.78 Å². The monoisotopic (exact) mass is 452 g/mol. The topological polar surface area (TPSA) is 46.5 Å². The van der Waals surface area contributed by atoms with Crippen molar-refractivity contribution in [2.45, 2.75) is 70.8 Å². The molecular weight excluding hydrogens is 416 g/mol. The lowest BCUT2D eigenvalue weighted by Crippen LogP contribution is -2.50. The molecule has 2 unspecified atom stereocenters. The van der Waals surface area contributed by atoms with Crippen LogP contribution < -0.4 is 0 Å². The van der Waals surface area contributed by atoms with Crippen molar-refractivity contribution >= 4 is 21.7 Å². The lowest BCUT2D eigenvalue weighted by Gasteiger charge is -2.55. The first-order chi connectivity index (χ1) is 13.5. The van der Waals surface area contributed by atoms with E-state index in [2.05, 4.69) is 29.8 Å². The predicted octanol–water partition coefficient (Wildman–Crippen LogP) is 4.84. The molecule has 4 heteroatoms. The fourth-order valence-corrected chi connectivity index (χ4v) is 9.51. The molecule has 5 fully saturated rings. The Bertz CT molecular complexity index is 637. The number of hydrogen-bond donors (Lipinski definition) is 1. The van der Waals surface area contributed by atoms with Crippen molar-refractivity contribution in [1.82, 2.24) is 0 Å². The Morgan fingerprint density at radius 1 is 1.04 bits per heavy atom. The van der Waals surface area contributed by atoms with Crippen LogP contribution in [0.4, 0.5) is 0 Å². The predicted molar refractivity (Wildman–Crippen MR) is 113 cm³/mol. The average Bonchev–Trinajstić information content (AvgIpc) is 3.14. The molecule has 0 spiro atoms. The van der Waals surface area contributed by atoms with Gasteiger partial charge in [-0.1, -0.05) is 22.9 Å². The zero-order valence-electron chi connectivity index (χ0n) is 17.5. The molecule has 10 atom stereocenters. The Hall–Kier alpha value is 0.0700. The molecule has 1 N–H and O–H groups in total. The summed E-state index contributed by atoms with van der Waals surface area (Å²) in [5, 5.41) is 11.7. The summed E-state index contributed by atoms with van der Waals surface area (Å²) >= 11 is 3.44. The number of carbonyl (C=O) groups excluding carboxylic acids is 1. The zero-order valence-corrected chi connectivity index (χ0v) is 19.1. The summed E-state index contributed by atoms with van der Waals surface area (Å²) in [4.78, 5) is 12.6. The summed E-state index contributed by atoms with van der Waals surface area (Å²) in [6, 6.07) is 0. The van der Waals surface area contributed by atoms with Gasteiger partial charge in [0.05, 0.1) is 17.5 Å². The molecule has 158 valence electrons. The van der Waals surface area contributed by atoms with E-state index >= 15 is 0 Å². The molecule has 5 saturated carbocycles. The lowest BCUT2D eigenvalue weighted by atomic mass is 9.49. The van der Waals surface area contributed by atoms with Crippen molar-refractivity contribution in [2.24, 2.45) is 52.8 Å². The van der Waals surface area contributed by atoms with E-state index < -0.39 is 5.60 Å². The number of rotatable bonds is 5. The second kappa shape index (κ2) is 7.05. The molecule has 0 radical (unpaired) electrons. The van der Waals surface area contributed by atoms with Gasteiger partial charge in [-0.05, 0) is 99.2 Å². The molecule has 0 saturated heterocycles. The van der Waals surface area contributed by atoms with Gasteiger partial charge in [0.2, 0.25) is 0 Å². The quantitative estimate of drug-likeness (QED) is 0.606. The normalized spacial score (nSPS) is 54.3. The maximum atomic E-state index is 12.6. The van der Waals surface area contributed by atoms with Crippen LogP contribution in [0.1, 0.15) is 65.2 Å². The van der Waals surface area contributed by atoms with E-state index in [1.165, 1.54) is 38.5 Å². The second-order valence-corrected chi connectivity index (χ2v) is 11.5. The van der Waals surface area contributed by atoms with Gasteiger partial charge in [-0.2, -0.15) is 0 Å². The molecule has 0 aromatic carbocycles. The standard InChI is InChI=1S/C24H37BrO3/c1-3-28-13-20-22-17-5-4-16-14(15(17)9-11-24(20,22)27)8-10-23(2)18(16)6-7-19(23)21(26)12-25/h14-20,22,27H,3-13H2,1-2H3/t14-,15-,16-,17-,18+,19-,20?,22?,23+,24+/m1/s1. The molecule has 0 bridgehead atoms. The number of hydrogen-bond acceptors (Lipinski definition) is 3. The largest absolute Gasteiger partial charge is 0.389 e. The van der Waals surface area contributed by atoms with Crippen LogP contribution in [0.2, 0.25) is 0 Å². The van der Waals surface area contributed by atoms with E-state index in [-0.39, 0.29) is 11.3 Å². The molecule has 5 rings (SSSR count). The van der Waals surface area contributed by atoms with Crippen LogP contribution in [-0.2, 0) is 9.53 Å². The van der Waals surface area contributed by atoms with E-state index in [9.17, 15) is 9.90 Å². The van der Waals surface area contributed by atoms with Crippen molar-refractivity contribution in [3.8, 4) is 0 Å². The Morgan fingerprint density at radius 3 is 2.50 bits per heavy atom. The van der Waals surface area contributed by atoms with Gasteiger partial charge in [-0.15, -0.1) is 0 Å². The van der Waals surface area contributed by atoms with Crippen molar-refractivity contribution in [3.63, 3.8) is 0 Å². The minimum atomic E-state index is -0.410. The summed E-state index contributed by atoms with van der Waals surface area (Å²) in [6.45, 7) is 6.01. The maximum absolute atomic E-state index is 12.6. The Balaban J connectivity index is 1.33. The molecule has 28 heavy (non-hydrogen) atoms. The Labute approximate surface area is 178 Å². The van der Waals surface area contributed by atoms with Gasteiger partial charge in [-0.25, -0.2) is 0 Å². The van der Waals surface area contributed by atoms with E-state index in [1.54, 1.807) is 0 Å². The van der Waals surface area contributed by atoms with E-state index in [0.29, 0.717) is 22.9 Å². The fourth-order valence-electron chi connectivity index (χ4n) is 9.12. The van der Waals surface area contributed by atoms with Crippen LogP contribution in [0.3, 0.4) is 0 Å². The van der Waals surface area contributed by atoms with Gasteiger partial charge in [0, 0.05) is 18.4 Å². The first kappa shape index (κ1) is 20.0. The third-order valence-electron chi connectivity index (χ3n) is 10.3. The molecule has 5 aliphatic carbocycles. The molecule has 0 amide bonds. The van der Waals surface area contributed by atoms with E-state index in [0.717, 1.165) is 55.6 Å². The van der Waals surface area contributed by atoms with Gasteiger partial charge >= 0.3 is 0 Å². The Morgan fingerprint density at radius 2 is 1.75 bits per heavy atom. The fraction of sp³-hybridized carbons (Fsp3) is 0.958. The zero-order chi connectivity index (χ0) is 19.7. The minimum absolute atomic E-state index is 0.241. The molecule has 0 aromatic heterocycles. The average molecular weight is 453 g/mol. The van der Waals surface area contributed by atoms with Gasteiger partial charge in [0.25, 0.3) is 0 Å². The van der Waals surface area contributed by atoms with Crippen molar-refractivity contribution in [3.05, 3.63) is 0 Å². The minimum Gasteiger partial charge on any atom is -0.389 e. The number of Topliss-reactive ketones (excluding diaryl/α,β-unsaturated/α-hetero) is 1. The summed E-state index contributed by atoms with van der Waals surface area (Å²) in [5.41, 5.74) is -0.168. The third kappa shape index (κ3) is 2.69. The van der Waals surface area contributed by atoms with Gasteiger partial charge in [0.15, 0.2) is 0 Å². The first-order valence-electron chi connectivity index (χ1n) is 11.8. The van der Waals surface area contributed by atoms with E-state index in [1.807, 2.05) is 0 Å². The summed E-state index contributed by atoms with van der Waals surface area (Å²) in [6.07, 6.45) is 9.76. The van der Waals surface area contributed by atoms with Crippen LogP contribution in [0, 0.1) is 52.8 Å². The Kier molecular flexibility index (Phi) is 5.04. The number of aliphatic hydroxyl groups is 1. The highest BCUT2D eigenvalue weighted by Gasteiger charge is 2.71. The number of fused-ring (bicyclic) bond motifs is 7. The molecule has 5 aliphatic rings. The van der Waals surface area contributed by atoms with Crippen LogP contribution in [0.15, 0.2) is 0 Å². The van der Waals surface area contributed by atoms with Crippen LogP contribution in [0.5, 0.6) is 0 Å². The highest BCUT2D eigenvalue weighted by Crippen LogP contribution is 2.70. The first-order valence-corrected chi connectivity index (χ1v) is 13.0. The number of carbonyl (C=O) groups is 1. The van der Waals surface area contributed by atoms with Crippen LogP contribution in [0.25, 0.3) is 0 Å². The SMILES string of the molecule is CCOCC1C2[C@@H]3CC[C@@H]4[C@H](CC[C@]5(C)[C@@H](C(=O)CBr)CC[C@@H]45)[C@H]3CC[C@]12O. The maximum Gasteiger partial charge on any atom is 0.147 e. The molecule has 3 nitrogen and oxygen atoms in total. The highest BCUT2D eigenvalue weighted by atomic mass is 79.9. The van der Waals surface area contributed by atoms with Crippen molar-refractivity contribution in [1.29, 1.82) is 0 Å². The smallest absolute Gasteiger partial charge is 0.147 e. The number of ether oxygens (including phenoxy) is 1. The molecule has 0 aromatic rings. The molecular formula is C24H37BrO3. The van der Waals surface area contributed by atoms with E-state index in [4.69, 9.17) is 4.74 Å².